The van der Waals surface area contributed by atoms with Gasteiger partial charge in [-0.3, -0.25) is 14.0 Å². The standard InChI is InChI=1S/C32H33N3O3S/c36-32(33-23-27-15-7-8-16-28(27)25-34-21-11-12-22-34)30-19-9-10-20-31(30)35(24-26-13-3-1-4-14-26)39(37,38)29-17-5-2-6-18-29/h1-10,13-20H,11-12,21-25H2,(H,33,36). The minimum absolute atomic E-state index is 0.0982. The molecule has 0 atom stereocenters. The molecule has 4 aromatic rings. The van der Waals surface area contributed by atoms with E-state index in [0.29, 0.717) is 17.8 Å². The molecular weight excluding hydrogens is 506 g/mol. The fourth-order valence-electron chi connectivity index (χ4n) is 4.99. The van der Waals surface area contributed by atoms with Crippen LogP contribution in [0, 0.1) is 0 Å². The van der Waals surface area contributed by atoms with Gasteiger partial charge in [0.2, 0.25) is 0 Å². The van der Waals surface area contributed by atoms with Crippen LogP contribution in [0.25, 0.3) is 0 Å². The molecule has 0 aliphatic carbocycles. The smallest absolute Gasteiger partial charge is 0.264 e. The second kappa shape index (κ2) is 12.3. The Labute approximate surface area is 231 Å². The number of carbonyl (C=O) groups excluding carboxylic acids is 1. The fourth-order valence-corrected chi connectivity index (χ4v) is 6.48. The van der Waals surface area contributed by atoms with Crippen molar-refractivity contribution in [2.75, 3.05) is 17.4 Å². The number of nitrogens with zero attached hydrogens (tertiary/aromatic N) is 2. The molecule has 1 aliphatic heterocycles. The van der Waals surface area contributed by atoms with Crippen LogP contribution in [0.2, 0.25) is 0 Å². The van der Waals surface area contributed by atoms with E-state index in [1.807, 2.05) is 48.5 Å². The Morgan fingerprint density at radius 1 is 0.744 bits per heavy atom. The molecule has 1 fully saturated rings. The molecular formula is C32H33N3O3S. The zero-order valence-corrected chi connectivity index (χ0v) is 22.7. The van der Waals surface area contributed by atoms with E-state index in [2.05, 4.69) is 16.3 Å². The molecule has 1 saturated heterocycles. The predicted octanol–water partition coefficient (Wildman–Crippen LogP) is 5.61. The van der Waals surface area contributed by atoms with Crippen molar-refractivity contribution < 1.29 is 13.2 Å². The highest BCUT2D eigenvalue weighted by Gasteiger charge is 2.28. The lowest BCUT2D eigenvalue weighted by atomic mass is 10.1. The number of nitrogens with one attached hydrogen (secondary N) is 1. The molecule has 0 unspecified atom stereocenters. The summed E-state index contributed by atoms with van der Waals surface area (Å²) in [6.45, 7) is 3.52. The number of rotatable bonds is 10. The van der Waals surface area contributed by atoms with E-state index < -0.39 is 10.0 Å². The quantitative estimate of drug-likeness (QED) is 0.285. The highest BCUT2D eigenvalue weighted by atomic mass is 32.2. The fraction of sp³-hybridized carbons (Fsp3) is 0.219. The number of hydrogen-bond acceptors (Lipinski definition) is 4. The third-order valence-electron chi connectivity index (χ3n) is 7.07. The number of hydrogen-bond donors (Lipinski definition) is 1. The molecule has 0 radical (unpaired) electrons. The van der Waals surface area contributed by atoms with Crippen LogP contribution in [-0.4, -0.2) is 32.3 Å². The van der Waals surface area contributed by atoms with Gasteiger partial charge in [-0.1, -0.05) is 84.9 Å². The van der Waals surface area contributed by atoms with Gasteiger partial charge in [0.15, 0.2) is 0 Å². The molecule has 1 heterocycles. The van der Waals surface area contributed by atoms with Gasteiger partial charge >= 0.3 is 0 Å². The van der Waals surface area contributed by atoms with Gasteiger partial charge in [-0.15, -0.1) is 0 Å². The van der Waals surface area contributed by atoms with Crippen molar-refractivity contribution in [1.29, 1.82) is 0 Å². The summed E-state index contributed by atoms with van der Waals surface area (Å²) in [5.41, 5.74) is 3.74. The van der Waals surface area contributed by atoms with Crippen molar-refractivity contribution in [1.82, 2.24) is 10.2 Å². The number of sulfonamides is 1. The molecule has 5 rings (SSSR count). The summed E-state index contributed by atoms with van der Waals surface area (Å²) in [5, 5.41) is 3.05. The number of amides is 1. The van der Waals surface area contributed by atoms with Gasteiger partial charge in [-0.05, 0) is 66.9 Å². The van der Waals surface area contributed by atoms with Gasteiger partial charge in [-0.2, -0.15) is 0 Å². The maximum atomic E-state index is 13.9. The van der Waals surface area contributed by atoms with Crippen LogP contribution in [0.5, 0.6) is 0 Å². The van der Waals surface area contributed by atoms with E-state index in [-0.39, 0.29) is 17.3 Å². The predicted molar refractivity (Wildman–Crippen MR) is 155 cm³/mol. The number of benzene rings is 4. The zero-order valence-electron chi connectivity index (χ0n) is 21.9. The van der Waals surface area contributed by atoms with Crippen LogP contribution in [0.1, 0.15) is 39.9 Å². The van der Waals surface area contributed by atoms with Crippen LogP contribution in [-0.2, 0) is 29.7 Å². The zero-order chi connectivity index (χ0) is 27.1. The summed E-state index contributed by atoms with van der Waals surface area (Å²) in [5.74, 6) is -0.317. The third-order valence-corrected chi connectivity index (χ3v) is 8.84. The lowest BCUT2D eigenvalue weighted by Crippen LogP contribution is -2.33. The SMILES string of the molecule is O=C(NCc1ccccc1CN1CCCC1)c1ccccc1N(Cc1ccccc1)S(=O)(=O)c1ccccc1. The molecule has 0 spiro atoms. The first-order valence-corrected chi connectivity index (χ1v) is 14.7. The van der Waals surface area contributed by atoms with E-state index in [1.54, 1.807) is 54.6 Å². The minimum Gasteiger partial charge on any atom is -0.348 e. The van der Waals surface area contributed by atoms with Gasteiger partial charge in [-0.25, -0.2) is 8.42 Å². The molecule has 1 aliphatic rings. The minimum atomic E-state index is -3.95. The largest absolute Gasteiger partial charge is 0.348 e. The summed E-state index contributed by atoms with van der Waals surface area (Å²) in [6, 6.07) is 32.8. The molecule has 39 heavy (non-hydrogen) atoms. The highest BCUT2D eigenvalue weighted by Crippen LogP contribution is 2.29. The molecule has 0 aromatic heterocycles. The van der Waals surface area contributed by atoms with Crippen LogP contribution >= 0.6 is 0 Å². The van der Waals surface area contributed by atoms with Crippen molar-refractivity contribution >= 4 is 21.6 Å². The van der Waals surface area contributed by atoms with Crippen molar-refractivity contribution in [3.63, 3.8) is 0 Å². The molecule has 7 heteroatoms. The first-order valence-electron chi connectivity index (χ1n) is 13.3. The Balaban J connectivity index is 1.43. The lowest BCUT2D eigenvalue weighted by molar-refractivity contribution is 0.0951. The van der Waals surface area contributed by atoms with Gasteiger partial charge in [0, 0.05) is 13.1 Å². The van der Waals surface area contributed by atoms with Gasteiger partial charge in [0.05, 0.1) is 22.7 Å². The number of para-hydroxylation sites is 1. The van der Waals surface area contributed by atoms with Crippen molar-refractivity contribution in [2.45, 2.75) is 37.4 Å². The van der Waals surface area contributed by atoms with E-state index in [0.717, 1.165) is 30.8 Å². The summed E-state index contributed by atoms with van der Waals surface area (Å²) < 4.78 is 29.1. The van der Waals surface area contributed by atoms with E-state index in [4.69, 9.17) is 0 Å². The second-order valence-electron chi connectivity index (χ2n) is 9.76. The Kier molecular flexibility index (Phi) is 8.39. The average Bonchev–Trinajstić information content (AvgIpc) is 3.49. The molecule has 1 amide bonds. The number of carbonyl (C=O) groups is 1. The first kappa shape index (κ1) is 26.7. The van der Waals surface area contributed by atoms with E-state index >= 15 is 0 Å². The maximum absolute atomic E-state index is 13.9. The van der Waals surface area contributed by atoms with Crippen LogP contribution in [0.3, 0.4) is 0 Å². The van der Waals surface area contributed by atoms with Crippen LogP contribution < -0.4 is 9.62 Å². The Hall–Kier alpha value is -3.94. The summed E-state index contributed by atoms with van der Waals surface area (Å²) in [7, 11) is -3.95. The van der Waals surface area contributed by atoms with Gasteiger partial charge in [0.25, 0.3) is 15.9 Å². The highest BCUT2D eigenvalue weighted by molar-refractivity contribution is 7.92. The molecule has 4 aromatic carbocycles. The molecule has 0 saturated carbocycles. The topological polar surface area (TPSA) is 69.7 Å². The molecule has 6 nitrogen and oxygen atoms in total. The monoisotopic (exact) mass is 539 g/mol. The van der Waals surface area contributed by atoms with Gasteiger partial charge < -0.3 is 5.32 Å². The maximum Gasteiger partial charge on any atom is 0.264 e. The molecule has 1 N–H and O–H groups in total. The van der Waals surface area contributed by atoms with Crippen molar-refractivity contribution in [3.8, 4) is 0 Å². The van der Waals surface area contributed by atoms with Crippen molar-refractivity contribution in [2.24, 2.45) is 0 Å². The Morgan fingerprint density at radius 3 is 2.05 bits per heavy atom. The third kappa shape index (κ3) is 6.38. The van der Waals surface area contributed by atoms with Crippen molar-refractivity contribution in [3.05, 3.63) is 131 Å². The second-order valence-corrected chi connectivity index (χ2v) is 11.6. The lowest BCUT2D eigenvalue weighted by Gasteiger charge is -2.26. The number of anilines is 1. The number of likely N-dealkylation sites (tertiary alicyclic amines) is 1. The summed E-state index contributed by atoms with van der Waals surface area (Å²) in [4.78, 5) is 16.2. The average molecular weight is 540 g/mol. The molecule has 200 valence electrons. The van der Waals surface area contributed by atoms with Crippen LogP contribution in [0.15, 0.2) is 114 Å². The molecule has 0 bridgehead atoms. The summed E-state index contributed by atoms with van der Waals surface area (Å²) in [6.07, 6.45) is 2.45. The Bertz CT molecular complexity index is 1500. The summed E-state index contributed by atoms with van der Waals surface area (Å²) >= 11 is 0. The van der Waals surface area contributed by atoms with Gasteiger partial charge in [0.1, 0.15) is 0 Å². The van der Waals surface area contributed by atoms with E-state index in [1.165, 1.54) is 22.7 Å². The Morgan fingerprint density at radius 2 is 1.33 bits per heavy atom. The van der Waals surface area contributed by atoms with E-state index in [9.17, 15) is 13.2 Å². The first-order chi connectivity index (χ1) is 19.0. The van der Waals surface area contributed by atoms with Crippen LogP contribution in [0.4, 0.5) is 5.69 Å². The normalized spacial score (nSPS) is 13.7.